The molecule has 0 atom stereocenters. The molecule has 2 rings (SSSR count). The predicted octanol–water partition coefficient (Wildman–Crippen LogP) is 0.218. The number of aromatic nitrogens is 1. The third kappa shape index (κ3) is 2.74. The number of aliphatic hydroxyl groups is 1. The monoisotopic (exact) mass is 236 g/mol. The van der Waals surface area contributed by atoms with Gasteiger partial charge in [0.05, 0.1) is 6.10 Å². The van der Waals surface area contributed by atoms with Gasteiger partial charge in [-0.05, 0) is 24.8 Å². The molecule has 0 bridgehead atoms. The first-order valence-corrected chi connectivity index (χ1v) is 5.68. The van der Waals surface area contributed by atoms with Crippen molar-refractivity contribution in [1.29, 1.82) is 0 Å². The van der Waals surface area contributed by atoms with Gasteiger partial charge in [0.25, 0.3) is 5.91 Å². The molecular formula is C12H16N2O3. The van der Waals surface area contributed by atoms with Crippen LogP contribution in [-0.2, 0) is 0 Å². The van der Waals surface area contributed by atoms with Crippen LogP contribution in [0.4, 0.5) is 0 Å². The van der Waals surface area contributed by atoms with Crippen LogP contribution >= 0.6 is 0 Å². The Hall–Kier alpha value is -1.62. The van der Waals surface area contributed by atoms with Crippen molar-refractivity contribution in [3.8, 4) is 0 Å². The fraction of sp³-hybridized carbons (Fsp3) is 0.500. The molecule has 1 saturated carbocycles. The molecule has 0 spiro atoms. The van der Waals surface area contributed by atoms with Gasteiger partial charge in [-0.3, -0.25) is 9.59 Å². The van der Waals surface area contributed by atoms with Gasteiger partial charge in [0.15, 0.2) is 0 Å². The molecule has 1 aromatic rings. The Balaban J connectivity index is 1.97. The van der Waals surface area contributed by atoms with Crippen molar-refractivity contribution in [3.63, 3.8) is 0 Å². The number of carbonyl (C=O) groups excluding carboxylic acids is 1. The highest BCUT2D eigenvalue weighted by Crippen LogP contribution is 2.27. The van der Waals surface area contributed by atoms with E-state index in [1.807, 2.05) is 0 Å². The maximum atomic E-state index is 12.0. The van der Waals surface area contributed by atoms with E-state index in [9.17, 15) is 14.7 Å². The van der Waals surface area contributed by atoms with Crippen molar-refractivity contribution >= 4 is 5.91 Å². The first kappa shape index (κ1) is 11.9. The van der Waals surface area contributed by atoms with Crippen LogP contribution in [0.25, 0.3) is 0 Å². The van der Waals surface area contributed by atoms with E-state index in [1.54, 1.807) is 18.0 Å². The average Bonchev–Trinajstić information content (AvgIpc) is 2.26. The SMILES string of the molecule is CN(CC1CC(O)C1)C(=O)c1cc[nH]c(=O)c1. The smallest absolute Gasteiger partial charge is 0.253 e. The molecule has 5 nitrogen and oxygen atoms in total. The lowest BCUT2D eigenvalue weighted by atomic mass is 9.82. The molecule has 0 saturated heterocycles. The highest BCUT2D eigenvalue weighted by Gasteiger charge is 2.29. The van der Waals surface area contributed by atoms with Gasteiger partial charge in [0, 0.05) is 31.4 Å². The number of aliphatic hydroxyl groups excluding tert-OH is 1. The number of nitrogens with zero attached hydrogens (tertiary/aromatic N) is 1. The first-order chi connectivity index (χ1) is 8.06. The molecule has 1 aliphatic carbocycles. The molecule has 2 N–H and O–H groups in total. The fourth-order valence-corrected chi connectivity index (χ4v) is 2.12. The minimum Gasteiger partial charge on any atom is -0.393 e. The molecule has 1 heterocycles. The first-order valence-electron chi connectivity index (χ1n) is 5.68. The molecule has 1 fully saturated rings. The highest BCUT2D eigenvalue weighted by atomic mass is 16.3. The van der Waals surface area contributed by atoms with Crippen LogP contribution < -0.4 is 5.56 Å². The van der Waals surface area contributed by atoms with Crippen LogP contribution in [0.5, 0.6) is 0 Å². The molecule has 17 heavy (non-hydrogen) atoms. The summed E-state index contributed by atoms with van der Waals surface area (Å²) in [6.45, 7) is 0.628. The maximum Gasteiger partial charge on any atom is 0.253 e. The summed E-state index contributed by atoms with van der Waals surface area (Å²) in [5.74, 6) is 0.221. The lowest BCUT2D eigenvalue weighted by Gasteiger charge is -2.34. The van der Waals surface area contributed by atoms with Gasteiger partial charge in [0.2, 0.25) is 5.56 Å². The second-order valence-corrected chi connectivity index (χ2v) is 4.62. The largest absolute Gasteiger partial charge is 0.393 e. The summed E-state index contributed by atoms with van der Waals surface area (Å²) in [5, 5.41) is 9.17. The van der Waals surface area contributed by atoms with Gasteiger partial charge >= 0.3 is 0 Å². The summed E-state index contributed by atoms with van der Waals surface area (Å²) in [5.41, 5.74) is 0.124. The lowest BCUT2D eigenvalue weighted by Crippen LogP contribution is -2.39. The number of H-pyrrole nitrogens is 1. The standard InChI is InChI=1S/C12H16N2O3/c1-14(7-8-4-10(15)5-8)12(17)9-2-3-13-11(16)6-9/h2-3,6,8,10,15H,4-5,7H2,1H3,(H,13,16). The topological polar surface area (TPSA) is 73.4 Å². The van der Waals surface area contributed by atoms with E-state index in [0.29, 0.717) is 18.0 Å². The van der Waals surface area contributed by atoms with Crippen molar-refractivity contribution < 1.29 is 9.90 Å². The van der Waals surface area contributed by atoms with Crippen molar-refractivity contribution in [2.24, 2.45) is 5.92 Å². The van der Waals surface area contributed by atoms with Crippen LogP contribution in [0.1, 0.15) is 23.2 Å². The number of carbonyl (C=O) groups is 1. The number of pyridine rings is 1. The van der Waals surface area contributed by atoms with E-state index in [0.717, 1.165) is 12.8 Å². The molecule has 0 unspecified atom stereocenters. The Morgan fingerprint density at radius 3 is 2.88 bits per heavy atom. The van der Waals surface area contributed by atoms with Gasteiger partial charge in [-0.25, -0.2) is 0 Å². The summed E-state index contributed by atoms with van der Waals surface area (Å²) < 4.78 is 0. The molecular weight excluding hydrogens is 220 g/mol. The quantitative estimate of drug-likeness (QED) is 0.788. The van der Waals surface area contributed by atoms with E-state index >= 15 is 0 Å². The Morgan fingerprint density at radius 1 is 1.59 bits per heavy atom. The van der Waals surface area contributed by atoms with Gasteiger partial charge < -0.3 is 15.0 Å². The summed E-state index contributed by atoms with van der Waals surface area (Å²) in [6.07, 6.45) is 2.78. The summed E-state index contributed by atoms with van der Waals surface area (Å²) >= 11 is 0. The minimum absolute atomic E-state index is 0.155. The number of aromatic amines is 1. The van der Waals surface area contributed by atoms with E-state index in [1.165, 1.54) is 12.3 Å². The third-order valence-electron chi connectivity index (χ3n) is 3.11. The van der Waals surface area contributed by atoms with E-state index < -0.39 is 0 Å². The van der Waals surface area contributed by atoms with Crippen molar-refractivity contribution in [2.75, 3.05) is 13.6 Å². The lowest BCUT2D eigenvalue weighted by molar-refractivity contribution is 0.0265. The van der Waals surface area contributed by atoms with Crippen LogP contribution in [0.15, 0.2) is 23.1 Å². The second kappa shape index (κ2) is 4.71. The molecule has 1 aromatic heterocycles. The number of amides is 1. The van der Waals surface area contributed by atoms with Crippen LogP contribution in [0, 0.1) is 5.92 Å². The van der Waals surface area contributed by atoms with Crippen LogP contribution in [0.3, 0.4) is 0 Å². The Kier molecular flexibility index (Phi) is 3.28. The molecule has 0 aromatic carbocycles. The van der Waals surface area contributed by atoms with Gasteiger partial charge in [-0.1, -0.05) is 0 Å². The summed E-state index contributed by atoms with van der Waals surface area (Å²) in [6, 6.07) is 2.89. The summed E-state index contributed by atoms with van der Waals surface area (Å²) in [4.78, 5) is 27.1. The van der Waals surface area contributed by atoms with E-state index in [-0.39, 0.29) is 17.6 Å². The predicted molar refractivity (Wildman–Crippen MR) is 62.8 cm³/mol. The van der Waals surface area contributed by atoms with Crippen molar-refractivity contribution in [3.05, 3.63) is 34.2 Å². The summed E-state index contributed by atoms with van der Waals surface area (Å²) in [7, 11) is 1.72. The zero-order valence-electron chi connectivity index (χ0n) is 9.72. The number of nitrogens with one attached hydrogen (secondary N) is 1. The zero-order chi connectivity index (χ0) is 12.4. The molecule has 1 amide bonds. The fourth-order valence-electron chi connectivity index (χ4n) is 2.12. The Labute approximate surface area is 99.1 Å². The maximum absolute atomic E-state index is 12.0. The minimum atomic E-state index is -0.275. The number of hydrogen-bond donors (Lipinski definition) is 2. The van der Waals surface area contributed by atoms with Crippen LogP contribution in [0.2, 0.25) is 0 Å². The van der Waals surface area contributed by atoms with Gasteiger partial charge in [-0.2, -0.15) is 0 Å². The van der Waals surface area contributed by atoms with Crippen molar-refractivity contribution in [1.82, 2.24) is 9.88 Å². The highest BCUT2D eigenvalue weighted by molar-refractivity contribution is 5.93. The molecule has 92 valence electrons. The second-order valence-electron chi connectivity index (χ2n) is 4.62. The average molecular weight is 236 g/mol. The van der Waals surface area contributed by atoms with E-state index in [2.05, 4.69) is 4.98 Å². The number of hydrogen-bond acceptors (Lipinski definition) is 3. The number of rotatable bonds is 3. The van der Waals surface area contributed by atoms with E-state index in [4.69, 9.17) is 0 Å². The Morgan fingerprint density at radius 2 is 2.29 bits per heavy atom. The van der Waals surface area contributed by atoms with Gasteiger partial charge in [-0.15, -0.1) is 0 Å². The van der Waals surface area contributed by atoms with Crippen LogP contribution in [-0.4, -0.2) is 40.6 Å². The van der Waals surface area contributed by atoms with Gasteiger partial charge in [0.1, 0.15) is 0 Å². The zero-order valence-corrected chi connectivity index (χ0v) is 9.72. The molecule has 5 heteroatoms. The Bertz CT molecular complexity index is 463. The molecule has 1 aliphatic rings. The third-order valence-corrected chi connectivity index (χ3v) is 3.11. The molecule has 0 aliphatic heterocycles. The normalized spacial score (nSPS) is 22.9. The molecule has 0 radical (unpaired) electrons. The van der Waals surface area contributed by atoms with Crippen molar-refractivity contribution in [2.45, 2.75) is 18.9 Å².